The zero-order valence-electron chi connectivity index (χ0n) is 15.7. The number of piperazine rings is 1. The van der Waals surface area contributed by atoms with Gasteiger partial charge >= 0.3 is 6.03 Å². The van der Waals surface area contributed by atoms with Crippen molar-refractivity contribution in [2.75, 3.05) is 49.6 Å². The highest BCUT2D eigenvalue weighted by molar-refractivity contribution is 5.89. The van der Waals surface area contributed by atoms with Crippen molar-refractivity contribution in [3.05, 3.63) is 24.3 Å². The Morgan fingerprint density at radius 3 is 2.22 bits per heavy atom. The molecule has 1 aliphatic carbocycles. The molecule has 3 fully saturated rings. The molecule has 3 amide bonds. The Labute approximate surface area is 160 Å². The van der Waals surface area contributed by atoms with Crippen LogP contribution in [0.25, 0.3) is 0 Å². The van der Waals surface area contributed by atoms with E-state index < -0.39 is 0 Å². The largest absolute Gasteiger partial charge is 0.381 e. The number of amides is 3. The molecule has 1 aromatic rings. The Hall–Kier alpha value is -2.28. The maximum absolute atomic E-state index is 12.1. The number of anilines is 2. The van der Waals surface area contributed by atoms with Gasteiger partial charge in [-0.2, -0.15) is 0 Å². The fourth-order valence-electron chi connectivity index (χ4n) is 3.72. The average Bonchev–Trinajstić information content (AvgIpc) is 3.54. The number of urea groups is 1. The topological polar surface area (TPSA) is 73.9 Å². The van der Waals surface area contributed by atoms with Gasteiger partial charge in [0.2, 0.25) is 5.91 Å². The number of carbonyl (C=O) groups excluding carboxylic acids is 2. The molecule has 0 spiro atoms. The minimum atomic E-state index is -0.165. The monoisotopic (exact) mass is 372 g/mol. The summed E-state index contributed by atoms with van der Waals surface area (Å²) in [6.45, 7) is 4.72. The predicted octanol–water partition coefficient (Wildman–Crippen LogP) is 2.05. The summed E-state index contributed by atoms with van der Waals surface area (Å²) in [6, 6.07) is 7.95. The number of nitrogens with one attached hydrogen (secondary N) is 2. The molecule has 3 aliphatic rings. The van der Waals surface area contributed by atoms with Crippen LogP contribution in [0.5, 0.6) is 0 Å². The number of carbonyl (C=O) groups is 2. The van der Waals surface area contributed by atoms with Crippen LogP contribution in [-0.4, -0.2) is 62.3 Å². The van der Waals surface area contributed by atoms with Crippen molar-refractivity contribution < 1.29 is 14.3 Å². The Morgan fingerprint density at radius 1 is 0.926 bits per heavy atom. The van der Waals surface area contributed by atoms with Gasteiger partial charge in [0, 0.05) is 62.7 Å². The van der Waals surface area contributed by atoms with E-state index in [0.29, 0.717) is 25.0 Å². The lowest BCUT2D eigenvalue weighted by atomic mass is 10.1. The van der Waals surface area contributed by atoms with Crippen molar-refractivity contribution in [3.63, 3.8) is 0 Å². The second kappa shape index (κ2) is 8.17. The molecule has 0 unspecified atom stereocenters. The number of benzene rings is 1. The summed E-state index contributed by atoms with van der Waals surface area (Å²) in [4.78, 5) is 28.6. The van der Waals surface area contributed by atoms with Crippen molar-refractivity contribution in [2.45, 2.75) is 31.7 Å². The first-order valence-corrected chi connectivity index (χ1v) is 9.98. The highest BCUT2D eigenvalue weighted by Crippen LogP contribution is 2.31. The van der Waals surface area contributed by atoms with E-state index in [1.165, 1.54) is 0 Å². The summed E-state index contributed by atoms with van der Waals surface area (Å²) < 4.78 is 5.31. The zero-order chi connectivity index (χ0) is 18.6. The van der Waals surface area contributed by atoms with Crippen LogP contribution in [0.15, 0.2) is 24.3 Å². The Bertz CT molecular complexity index is 660. The molecule has 0 radical (unpaired) electrons. The van der Waals surface area contributed by atoms with Gasteiger partial charge < -0.3 is 25.2 Å². The first-order chi connectivity index (χ1) is 13.2. The molecule has 0 aromatic heterocycles. The number of hydrogen-bond acceptors (Lipinski definition) is 4. The molecule has 1 saturated carbocycles. The third-order valence-electron chi connectivity index (χ3n) is 5.56. The van der Waals surface area contributed by atoms with Crippen molar-refractivity contribution in [1.82, 2.24) is 10.2 Å². The highest BCUT2D eigenvalue weighted by atomic mass is 16.5. The smallest absolute Gasteiger partial charge is 0.319 e. The van der Waals surface area contributed by atoms with Crippen LogP contribution in [0.1, 0.15) is 25.7 Å². The standard InChI is InChI=1S/C20H28N4O3/c25-19(15-1-2-15)24-11-9-23(10-12-24)18-5-3-16(4-6-18)21-20(26)22-17-7-13-27-14-8-17/h3-6,15,17H,1-2,7-14H2,(H2,21,22,26). The van der Waals surface area contributed by atoms with E-state index in [1.54, 1.807) is 0 Å². The quantitative estimate of drug-likeness (QED) is 0.848. The van der Waals surface area contributed by atoms with Gasteiger partial charge in [-0.25, -0.2) is 4.79 Å². The first-order valence-electron chi connectivity index (χ1n) is 9.98. The fraction of sp³-hybridized carbons (Fsp3) is 0.600. The lowest BCUT2D eigenvalue weighted by molar-refractivity contribution is -0.132. The van der Waals surface area contributed by atoms with Gasteiger partial charge in [0.15, 0.2) is 0 Å². The Kier molecular flexibility index (Phi) is 5.48. The van der Waals surface area contributed by atoms with Crippen LogP contribution in [0.2, 0.25) is 0 Å². The molecule has 27 heavy (non-hydrogen) atoms. The summed E-state index contributed by atoms with van der Waals surface area (Å²) in [5.41, 5.74) is 1.91. The molecule has 2 heterocycles. The van der Waals surface area contributed by atoms with E-state index >= 15 is 0 Å². The maximum atomic E-state index is 12.1. The van der Waals surface area contributed by atoms with Crippen molar-refractivity contribution in [2.24, 2.45) is 5.92 Å². The third kappa shape index (κ3) is 4.71. The molecule has 2 N–H and O–H groups in total. The highest BCUT2D eigenvalue weighted by Gasteiger charge is 2.34. The summed E-state index contributed by atoms with van der Waals surface area (Å²) in [5.74, 6) is 0.638. The first kappa shape index (κ1) is 18.1. The van der Waals surface area contributed by atoms with Crippen LogP contribution in [0, 0.1) is 5.92 Å². The van der Waals surface area contributed by atoms with E-state index in [-0.39, 0.29) is 12.1 Å². The molecule has 7 heteroatoms. The molecular weight excluding hydrogens is 344 g/mol. The summed E-state index contributed by atoms with van der Waals surface area (Å²) in [6.07, 6.45) is 3.86. The Balaban J connectivity index is 1.25. The normalized spacial score (nSPS) is 21.0. The van der Waals surface area contributed by atoms with Gasteiger partial charge in [0.25, 0.3) is 0 Å². The molecular formula is C20H28N4O3. The van der Waals surface area contributed by atoms with Crippen LogP contribution >= 0.6 is 0 Å². The summed E-state index contributed by atoms with van der Waals surface area (Å²) >= 11 is 0. The lowest BCUT2D eigenvalue weighted by Gasteiger charge is -2.36. The molecule has 7 nitrogen and oxygen atoms in total. The Morgan fingerprint density at radius 2 is 1.59 bits per heavy atom. The second-order valence-corrected chi connectivity index (χ2v) is 7.62. The van der Waals surface area contributed by atoms with Gasteiger partial charge in [-0.3, -0.25) is 4.79 Å². The maximum Gasteiger partial charge on any atom is 0.319 e. The van der Waals surface area contributed by atoms with Crippen molar-refractivity contribution >= 4 is 23.3 Å². The minimum Gasteiger partial charge on any atom is -0.381 e. The average molecular weight is 372 g/mol. The minimum absolute atomic E-state index is 0.165. The number of ether oxygens (including phenoxy) is 1. The van der Waals surface area contributed by atoms with Gasteiger partial charge in [0.1, 0.15) is 0 Å². The summed E-state index contributed by atoms with van der Waals surface area (Å²) in [7, 11) is 0. The number of nitrogens with zero attached hydrogens (tertiary/aromatic N) is 2. The van der Waals surface area contributed by atoms with Crippen LogP contribution in [-0.2, 0) is 9.53 Å². The second-order valence-electron chi connectivity index (χ2n) is 7.62. The summed E-state index contributed by atoms with van der Waals surface area (Å²) in [5, 5.41) is 5.90. The van der Waals surface area contributed by atoms with Gasteiger partial charge in [0.05, 0.1) is 0 Å². The SMILES string of the molecule is O=C(Nc1ccc(N2CCN(C(=O)C3CC3)CC2)cc1)NC1CCOCC1. The molecule has 0 bridgehead atoms. The van der Waals surface area contributed by atoms with Crippen molar-refractivity contribution in [1.29, 1.82) is 0 Å². The van der Waals surface area contributed by atoms with Crippen LogP contribution < -0.4 is 15.5 Å². The molecule has 2 saturated heterocycles. The zero-order valence-corrected chi connectivity index (χ0v) is 15.7. The van der Waals surface area contributed by atoms with E-state index in [0.717, 1.165) is 63.2 Å². The van der Waals surface area contributed by atoms with Gasteiger partial charge in [-0.15, -0.1) is 0 Å². The predicted molar refractivity (Wildman–Crippen MR) is 104 cm³/mol. The van der Waals surface area contributed by atoms with Gasteiger partial charge in [-0.05, 0) is 49.9 Å². The van der Waals surface area contributed by atoms with Crippen molar-refractivity contribution in [3.8, 4) is 0 Å². The van der Waals surface area contributed by atoms with Gasteiger partial charge in [-0.1, -0.05) is 0 Å². The molecule has 0 atom stereocenters. The van der Waals surface area contributed by atoms with E-state index in [1.807, 2.05) is 29.2 Å². The van der Waals surface area contributed by atoms with Crippen LogP contribution in [0.3, 0.4) is 0 Å². The lowest BCUT2D eigenvalue weighted by Crippen LogP contribution is -2.49. The van der Waals surface area contributed by atoms with E-state index in [4.69, 9.17) is 4.74 Å². The molecule has 146 valence electrons. The number of rotatable bonds is 4. The molecule has 2 aliphatic heterocycles. The number of hydrogen-bond donors (Lipinski definition) is 2. The molecule has 1 aromatic carbocycles. The van der Waals surface area contributed by atoms with E-state index in [2.05, 4.69) is 15.5 Å². The fourth-order valence-corrected chi connectivity index (χ4v) is 3.72. The van der Waals surface area contributed by atoms with E-state index in [9.17, 15) is 9.59 Å². The molecule has 4 rings (SSSR count). The van der Waals surface area contributed by atoms with Crippen LogP contribution in [0.4, 0.5) is 16.2 Å². The third-order valence-corrected chi connectivity index (χ3v) is 5.56.